The molecular weight excluding hydrogens is 305 g/mol. The Morgan fingerprint density at radius 2 is 2.12 bits per heavy atom. The first-order chi connectivity index (χ1) is 11.6. The number of amides is 1. The van der Waals surface area contributed by atoms with E-state index in [4.69, 9.17) is 5.73 Å². The number of hydrogen-bond acceptors (Lipinski definition) is 3. The van der Waals surface area contributed by atoms with E-state index in [1.807, 2.05) is 6.07 Å². The average Bonchev–Trinajstić information content (AvgIpc) is 3.33. The van der Waals surface area contributed by atoms with Crippen LogP contribution in [0, 0.1) is 11.7 Å². The second-order valence-electron chi connectivity index (χ2n) is 7.20. The van der Waals surface area contributed by atoms with Gasteiger partial charge < -0.3 is 11.1 Å². The van der Waals surface area contributed by atoms with E-state index in [0.717, 1.165) is 45.3 Å². The molecule has 0 bridgehead atoms. The first-order valence-electron chi connectivity index (χ1n) is 9.14. The average molecular weight is 333 g/mol. The Morgan fingerprint density at radius 3 is 2.88 bits per heavy atom. The van der Waals surface area contributed by atoms with E-state index < -0.39 is 0 Å². The Hall–Kier alpha value is -1.46. The molecule has 4 nitrogen and oxygen atoms in total. The molecule has 5 heteroatoms. The van der Waals surface area contributed by atoms with Crippen molar-refractivity contribution >= 4 is 5.91 Å². The summed E-state index contributed by atoms with van der Waals surface area (Å²) in [5, 5.41) is 3.09. The van der Waals surface area contributed by atoms with Gasteiger partial charge >= 0.3 is 0 Å². The number of halogens is 1. The summed E-state index contributed by atoms with van der Waals surface area (Å²) in [7, 11) is 0. The Kier molecular flexibility index (Phi) is 5.85. The second kappa shape index (κ2) is 8.08. The highest BCUT2D eigenvalue weighted by Gasteiger charge is 2.31. The monoisotopic (exact) mass is 333 g/mol. The van der Waals surface area contributed by atoms with Crippen LogP contribution in [0.3, 0.4) is 0 Å². The zero-order valence-electron chi connectivity index (χ0n) is 14.2. The zero-order valence-corrected chi connectivity index (χ0v) is 14.2. The number of nitrogens with one attached hydrogen (secondary N) is 1. The first kappa shape index (κ1) is 17.4. The maximum absolute atomic E-state index is 13.7. The third-order valence-corrected chi connectivity index (χ3v) is 5.19. The molecule has 1 saturated heterocycles. The van der Waals surface area contributed by atoms with Gasteiger partial charge in [0, 0.05) is 24.5 Å². The summed E-state index contributed by atoms with van der Waals surface area (Å²) in [5.74, 6) is 0.321. The molecule has 1 aromatic carbocycles. The normalized spacial score (nSPS) is 22.5. The van der Waals surface area contributed by atoms with E-state index in [2.05, 4.69) is 10.2 Å². The molecule has 2 aliphatic rings. The van der Waals surface area contributed by atoms with Crippen LogP contribution in [0.1, 0.15) is 37.7 Å². The van der Waals surface area contributed by atoms with Gasteiger partial charge in [0.1, 0.15) is 5.82 Å². The van der Waals surface area contributed by atoms with Gasteiger partial charge in [0.25, 0.3) is 0 Å². The lowest BCUT2D eigenvalue weighted by Gasteiger charge is -2.26. The van der Waals surface area contributed by atoms with Crippen molar-refractivity contribution in [3.8, 4) is 0 Å². The van der Waals surface area contributed by atoms with Gasteiger partial charge in [-0.2, -0.15) is 0 Å². The Morgan fingerprint density at radius 1 is 1.33 bits per heavy atom. The van der Waals surface area contributed by atoms with Crippen molar-refractivity contribution in [3.63, 3.8) is 0 Å². The van der Waals surface area contributed by atoms with Crippen LogP contribution in [-0.2, 0) is 11.2 Å². The third kappa shape index (κ3) is 4.77. The van der Waals surface area contributed by atoms with Crippen molar-refractivity contribution in [1.82, 2.24) is 10.2 Å². The van der Waals surface area contributed by atoms with E-state index in [-0.39, 0.29) is 23.7 Å². The molecule has 3 rings (SSSR count). The summed E-state index contributed by atoms with van der Waals surface area (Å²) < 4.78 is 13.7. The van der Waals surface area contributed by atoms with Gasteiger partial charge in [-0.3, -0.25) is 9.69 Å². The number of likely N-dealkylation sites (tertiary alicyclic amines) is 1. The summed E-state index contributed by atoms with van der Waals surface area (Å²) in [6.07, 6.45) is 5.82. The minimum absolute atomic E-state index is 0.0378. The number of nitrogens with two attached hydrogens (primary N) is 1. The van der Waals surface area contributed by atoms with Crippen molar-refractivity contribution in [2.75, 3.05) is 19.6 Å². The predicted octanol–water partition coefficient (Wildman–Crippen LogP) is 2.08. The topological polar surface area (TPSA) is 58.4 Å². The van der Waals surface area contributed by atoms with Gasteiger partial charge in [-0.15, -0.1) is 0 Å². The standard InChI is InChI=1S/C19H28FN3O/c20-18-6-2-1-4-15(18)12-16(21)9-11-23-10-3-5-17(23)13-22-19(24)14-7-8-14/h1-2,4,6,14,16-17H,3,5,7-13,21H2,(H,22,24)/t16-,17-/m0/s1. The summed E-state index contributed by atoms with van der Waals surface area (Å²) in [6.45, 7) is 2.73. The number of hydrogen-bond donors (Lipinski definition) is 2. The number of nitrogens with zero attached hydrogens (tertiary/aromatic N) is 1. The Balaban J connectivity index is 1.41. The van der Waals surface area contributed by atoms with Crippen molar-refractivity contribution < 1.29 is 9.18 Å². The highest BCUT2D eigenvalue weighted by molar-refractivity contribution is 5.80. The lowest BCUT2D eigenvalue weighted by atomic mass is 10.0. The molecule has 0 spiro atoms. The fraction of sp³-hybridized carbons (Fsp3) is 0.632. The first-order valence-corrected chi connectivity index (χ1v) is 9.14. The van der Waals surface area contributed by atoms with E-state index >= 15 is 0 Å². The van der Waals surface area contributed by atoms with E-state index in [1.165, 1.54) is 12.5 Å². The SMILES string of the molecule is N[C@@H](CCN1CCC[C@H]1CNC(=O)C1CC1)Cc1ccccc1F. The molecule has 1 aliphatic carbocycles. The van der Waals surface area contributed by atoms with Crippen LogP contribution in [0.5, 0.6) is 0 Å². The number of carbonyl (C=O) groups is 1. The van der Waals surface area contributed by atoms with E-state index in [1.54, 1.807) is 12.1 Å². The van der Waals surface area contributed by atoms with Gasteiger partial charge in [0.2, 0.25) is 5.91 Å². The van der Waals surface area contributed by atoms with Gasteiger partial charge in [-0.05, 0) is 63.2 Å². The van der Waals surface area contributed by atoms with Crippen LogP contribution in [0.4, 0.5) is 4.39 Å². The molecule has 1 aliphatic heterocycles. The van der Waals surface area contributed by atoms with Crippen LogP contribution in [-0.4, -0.2) is 42.5 Å². The number of rotatable bonds is 8. The van der Waals surface area contributed by atoms with E-state index in [0.29, 0.717) is 18.0 Å². The third-order valence-electron chi connectivity index (χ3n) is 5.19. The Labute approximate surface area is 143 Å². The lowest BCUT2D eigenvalue weighted by Crippen LogP contribution is -2.42. The number of benzene rings is 1. The molecule has 1 amide bonds. The number of carbonyl (C=O) groups excluding carboxylic acids is 1. The summed E-state index contributed by atoms with van der Waals surface area (Å²) in [6, 6.07) is 7.24. The lowest BCUT2D eigenvalue weighted by molar-refractivity contribution is -0.122. The fourth-order valence-electron chi connectivity index (χ4n) is 3.51. The zero-order chi connectivity index (χ0) is 16.9. The van der Waals surface area contributed by atoms with Crippen molar-refractivity contribution in [1.29, 1.82) is 0 Å². The van der Waals surface area contributed by atoms with Crippen LogP contribution >= 0.6 is 0 Å². The molecular formula is C19H28FN3O. The van der Waals surface area contributed by atoms with Crippen molar-refractivity contribution in [2.45, 2.75) is 50.6 Å². The van der Waals surface area contributed by atoms with Gasteiger partial charge in [-0.1, -0.05) is 18.2 Å². The molecule has 0 aromatic heterocycles. The van der Waals surface area contributed by atoms with Crippen molar-refractivity contribution in [3.05, 3.63) is 35.6 Å². The Bertz CT molecular complexity index is 561. The fourth-order valence-corrected chi connectivity index (χ4v) is 3.51. The second-order valence-corrected chi connectivity index (χ2v) is 7.20. The van der Waals surface area contributed by atoms with Crippen LogP contribution in [0.15, 0.2) is 24.3 Å². The highest BCUT2D eigenvalue weighted by Crippen LogP contribution is 2.29. The smallest absolute Gasteiger partial charge is 0.223 e. The van der Waals surface area contributed by atoms with E-state index in [9.17, 15) is 9.18 Å². The summed E-state index contributed by atoms with van der Waals surface area (Å²) >= 11 is 0. The van der Waals surface area contributed by atoms with Crippen LogP contribution in [0.25, 0.3) is 0 Å². The largest absolute Gasteiger partial charge is 0.354 e. The molecule has 132 valence electrons. The maximum atomic E-state index is 13.7. The van der Waals surface area contributed by atoms with Gasteiger partial charge in [0.05, 0.1) is 0 Å². The van der Waals surface area contributed by atoms with Crippen molar-refractivity contribution in [2.24, 2.45) is 11.7 Å². The predicted molar refractivity (Wildman–Crippen MR) is 93.0 cm³/mol. The molecule has 1 heterocycles. The molecule has 2 atom stereocenters. The summed E-state index contributed by atoms with van der Waals surface area (Å²) in [5.41, 5.74) is 6.90. The summed E-state index contributed by atoms with van der Waals surface area (Å²) in [4.78, 5) is 14.2. The van der Waals surface area contributed by atoms with Crippen LogP contribution in [0.2, 0.25) is 0 Å². The maximum Gasteiger partial charge on any atom is 0.223 e. The molecule has 2 fully saturated rings. The molecule has 1 saturated carbocycles. The molecule has 0 unspecified atom stereocenters. The molecule has 24 heavy (non-hydrogen) atoms. The molecule has 3 N–H and O–H groups in total. The minimum Gasteiger partial charge on any atom is -0.354 e. The van der Waals surface area contributed by atoms with Gasteiger partial charge in [0.15, 0.2) is 0 Å². The minimum atomic E-state index is -0.171. The molecule has 1 aromatic rings. The quantitative estimate of drug-likeness (QED) is 0.766. The van der Waals surface area contributed by atoms with Gasteiger partial charge in [-0.25, -0.2) is 4.39 Å². The highest BCUT2D eigenvalue weighted by atomic mass is 19.1. The van der Waals surface area contributed by atoms with Crippen LogP contribution < -0.4 is 11.1 Å². The molecule has 0 radical (unpaired) electrons.